The second kappa shape index (κ2) is 14.8. The molecule has 0 aliphatic carbocycles. The fourth-order valence-corrected chi connectivity index (χ4v) is 7.84. The fraction of sp³-hybridized carbons (Fsp3) is 0.278. The van der Waals surface area contributed by atoms with E-state index in [1.165, 1.54) is 4.68 Å². The zero-order valence-electron chi connectivity index (χ0n) is 31.5. The monoisotopic (exact) mass is 846 g/mol. The number of aryl methyl sites for hydroxylation is 10. The Labute approximate surface area is 322 Å². The number of halogens is 1. The summed E-state index contributed by atoms with van der Waals surface area (Å²) in [4.78, 5) is 29.7. The summed E-state index contributed by atoms with van der Waals surface area (Å²) in [6.45, 7) is 11.4. The molecule has 0 amide bonds. The average Bonchev–Trinajstić information content (AvgIpc) is 3.93. The summed E-state index contributed by atoms with van der Waals surface area (Å²) in [5.41, 5.74) is 12.9. The maximum absolute atomic E-state index is 12.2. The largest absolute Gasteiger partial charge is 0.508 e. The lowest BCUT2D eigenvalue weighted by Gasteiger charge is -2.11. The van der Waals surface area contributed by atoms with Crippen molar-refractivity contribution in [1.82, 2.24) is 49.0 Å². The summed E-state index contributed by atoms with van der Waals surface area (Å²) in [5.74, 6) is 1.54. The number of nitrogens with one attached hydrogen (secondary N) is 2. The maximum atomic E-state index is 12.2. The minimum absolute atomic E-state index is 0.108. The van der Waals surface area contributed by atoms with Crippen LogP contribution in [0.25, 0.3) is 55.6 Å². The molecular weight excluding hydrogens is 806 g/mol. The number of hydrogen-bond acceptors (Lipinski definition) is 10. The third-order valence-electron chi connectivity index (χ3n) is 9.38. The van der Waals surface area contributed by atoms with E-state index in [1.54, 1.807) is 43.4 Å². The van der Waals surface area contributed by atoms with Gasteiger partial charge in [-0.2, -0.15) is 10.2 Å². The molecule has 0 fully saturated rings. The van der Waals surface area contributed by atoms with E-state index in [4.69, 9.17) is 19.1 Å². The number of nitrogens with zero attached hydrogens (tertiary/aromatic N) is 8. The van der Waals surface area contributed by atoms with Crippen LogP contribution in [0.15, 0.2) is 55.3 Å². The lowest BCUT2D eigenvalue weighted by Crippen LogP contribution is -2.37. The van der Waals surface area contributed by atoms with E-state index < -0.39 is 7.12 Å². The van der Waals surface area contributed by atoms with Gasteiger partial charge in [0.1, 0.15) is 11.5 Å². The van der Waals surface area contributed by atoms with E-state index >= 15 is 0 Å². The van der Waals surface area contributed by atoms with Crippen molar-refractivity contribution in [2.75, 3.05) is 0 Å². The molecule has 0 saturated heterocycles. The van der Waals surface area contributed by atoms with Crippen LogP contribution in [-0.4, -0.2) is 66.1 Å². The predicted molar refractivity (Wildman–Crippen MR) is 214 cm³/mol. The highest BCUT2D eigenvalue weighted by Crippen LogP contribution is 2.36. The summed E-state index contributed by atoms with van der Waals surface area (Å²) in [6.07, 6.45) is 3.42. The van der Waals surface area contributed by atoms with Gasteiger partial charge in [0.2, 0.25) is 0 Å². The molecule has 18 heteroatoms. The maximum Gasteiger partial charge on any atom is 0.508 e. The summed E-state index contributed by atoms with van der Waals surface area (Å²) in [6, 6.07) is 8.05. The number of fused-ring (bicyclic) bond motifs is 2. The molecule has 8 rings (SSSR count). The molecule has 0 radical (unpaired) electrons. The van der Waals surface area contributed by atoms with Crippen molar-refractivity contribution in [3.63, 3.8) is 0 Å². The van der Waals surface area contributed by atoms with Crippen LogP contribution in [0.4, 0.5) is 0 Å². The van der Waals surface area contributed by atoms with E-state index in [-0.39, 0.29) is 11.4 Å². The van der Waals surface area contributed by atoms with Gasteiger partial charge in [0.25, 0.3) is 0 Å². The Balaban J connectivity index is 0.000000151. The SMILES string of the molecule is Cc1cnn(C)c1-c1cc(-c2c(C)noc2C)cc2[nH]c(=O)n(C)c12.Cc1cnn(C)c1B(O)O.Cc1noc(C)c1-c1cc(I)c2c(c1)[nH]c(=O)n2C. The van der Waals surface area contributed by atoms with Crippen molar-refractivity contribution in [3.8, 4) is 33.5 Å². The first-order valence-electron chi connectivity index (χ1n) is 16.8. The highest BCUT2D eigenvalue weighted by molar-refractivity contribution is 14.1. The van der Waals surface area contributed by atoms with Crippen molar-refractivity contribution in [2.24, 2.45) is 28.2 Å². The fourth-order valence-electron chi connectivity index (χ4n) is 6.85. The zero-order chi connectivity index (χ0) is 39.3. The molecule has 0 bridgehead atoms. The van der Waals surface area contributed by atoms with Crippen LogP contribution >= 0.6 is 22.6 Å². The Bertz CT molecular complexity index is 2710. The van der Waals surface area contributed by atoms with Crippen molar-refractivity contribution >= 4 is 57.4 Å². The molecule has 54 heavy (non-hydrogen) atoms. The summed E-state index contributed by atoms with van der Waals surface area (Å²) in [5, 5.41) is 33.7. The highest BCUT2D eigenvalue weighted by atomic mass is 127. The van der Waals surface area contributed by atoms with Crippen LogP contribution in [0, 0.1) is 45.1 Å². The van der Waals surface area contributed by atoms with Gasteiger partial charge in [0, 0.05) is 48.5 Å². The van der Waals surface area contributed by atoms with E-state index in [0.717, 1.165) is 93.2 Å². The molecule has 6 heterocycles. The minimum Gasteiger partial charge on any atom is -0.422 e. The molecule has 6 aromatic heterocycles. The van der Waals surface area contributed by atoms with Gasteiger partial charge in [0.15, 0.2) is 0 Å². The van der Waals surface area contributed by atoms with E-state index in [9.17, 15) is 9.59 Å². The van der Waals surface area contributed by atoms with Gasteiger partial charge in [-0.1, -0.05) is 10.3 Å². The van der Waals surface area contributed by atoms with Crippen LogP contribution in [0.1, 0.15) is 34.0 Å². The van der Waals surface area contributed by atoms with Gasteiger partial charge in [-0.15, -0.1) is 0 Å². The van der Waals surface area contributed by atoms with Crippen LogP contribution in [0.3, 0.4) is 0 Å². The van der Waals surface area contributed by atoms with E-state index in [1.807, 2.05) is 70.7 Å². The predicted octanol–water partition coefficient (Wildman–Crippen LogP) is 4.00. The smallest absolute Gasteiger partial charge is 0.422 e. The lowest BCUT2D eigenvalue weighted by molar-refractivity contribution is 0.393. The number of hydrogen-bond donors (Lipinski definition) is 4. The third-order valence-corrected chi connectivity index (χ3v) is 10.2. The Kier molecular flexibility index (Phi) is 10.5. The number of aromatic amines is 2. The number of rotatable bonds is 4. The molecule has 0 aliphatic heterocycles. The molecule has 280 valence electrons. The number of H-pyrrole nitrogens is 2. The van der Waals surface area contributed by atoms with Crippen molar-refractivity contribution < 1.29 is 19.1 Å². The Morgan fingerprint density at radius 3 is 1.59 bits per heavy atom. The quantitative estimate of drug-likeness (QED) is 0.148. The molecule has 0 aliphatic rings. The first-order valence-corrected chi connectivity index (χ1v) is 17.9. The number of aromatic nitrogens is 10. The van der Waals surface area contributed by atoms with Crippen molar-refractivity contribution in [3.05, 3.63) is 95.2 Å². The van der Waals surface area contributed by atoms with Crippen molar-refractivity contribution in [2.45, 2.75) is 41.5 Å². The molecule has 0 unspecified atom stereocenters. The van der Waals surface area contributed by atoms with E-state index in [0.29, 0.717) is 5.59 Å². The molecule has 16 nitrogen and oxygen atoms in total. The number of benzene rings is 2. The van der Waals surface area contributed by atoms with Gasteiger partial charge >= 0.3 is 18.5 Å². The molecular formula is C36H40BIN10O6. The van der Waals surface area contributed by atoms with Crippen LogP contribution in [0.2, 0.25) is 0 Å². The van der Waals surface area contributed by atoms with Crippen LogP contribution in [0.5, 0.6) is 0 Å². The van der Waals surface area contributed by atoms with Gasteiger partial charge < -0.3 is 29.1 Å². The topological polar surface area (TPSA) is 204 Å². The van der Waals surface area contributed by atoms with Gasteiger partial charge in [-0.3, -0.25) is 18.5 Å². The molecule has 0 spiro atoms. The molecule has 2 aromatic carbocycles. The minimum atomic E-state index is -1.42. The lowest BCUT2D eigenvalue weighted by atomic mass is 9.83. The summed E-state index contributed by atoms with van der Waals surface area (Å²) < 4.78 is 18.1. The highest BCUT2D eigenvalue weighted by Gasteiger charge is 2.21. The van der Waals surface area contributed by atoms with Gasteiger partial charge in [-0.25, -0.2) is 9.59 Å². The van der Waals surface area contributed by atoms with Gasteiger partial charge in [0.05, 0.1) is 57.1 Å². The first-order chi connectivity index (χ1) is 25.5. The van der Waals surface area contributed by atoms with Gasteiger partial charge in [-0.05, 0) is 111 Å². The first kappa shape index (κ1) is 38.3. The molecule has 4 N–H and O–H groups in total. The standard InChI is InChI=1S/C18H19N5O2.C13H12IN3O2.C5H9BN2O2/c1-9-8-19-23(5)16(9)13-6-12(15-10(2)21-25-11(15)3)7-14-17(13)22(4)18(24)20-14;1-6-11(7(2)19-16-6)8-4-9(14)12-10(5-8)15-13(18)17(12)3;1-4-3-7-8(2)5(4)6(9)10/h6-8H,1-5H3,(H,20,24);4-5H,1-3H3,(H,15,18);3,9-10H,1-2H3. The van der Waals surface area contributed by atoms with Crippen LogP contribution < -0.4 is 17.0 Å². The molecule has 0 saturated carbocycles. The Hall–Kier alpha value is -5.47. The second-order valence-corrected chi connectivity index (χ2v) is 14.3. The Morgan fingerprint density at radius 2 is 1.17 bits per heavy atom. The molecule has 8 aromatic rings. The summed E-state index contributed by atoms with van der Waals surface area (Å²) >= 11 is 2.24. The Morgan fingerprint density at radius 1 is 0.685 bits per heavy atom. The van der Waals surface area contributed by atoms with Crippen LogP contribution in [-0.2, 0) is 28.2 Å². The third kappa shape index (κ3) is 6.87. The van der Waals surface area contributed by atoms with Crippen molar-refractivity contribution in [1.29, 1.82) is 0 Å². The normalized spacial score (nSPS) is 11.2. The zero-order valence-corrected chi connectivity index (χ0v) is 33.7. The number of imidazole rings is 2. The van der Waals surface area contributed by atoms with E-state index in [2.05, 4.69) is 59.1 Å². The average molecular weight is 846 g/mol. The molecule has 0 atom stereocenters. The summed E-state index contributed by atoms with van der Waals surface area (Å²) in [7, 11) is 5.68. The second-order valence-electron chi connectivity index (χ2n) is 13.2.